The van der Waals surface area contributed by atoms with E-state index in [-0.39, 0.29) is 50.4 Å². The first-order valence-electron chi connectivity index (χ1n) is 10.6. The summed E-state index contributed by atoms with van der Waals surface area (Å²) in [5.41, 5.74) is 12.1. The molecule has 12 heteroatoms. The van der Waals surface area contributed by atoms with Crippen molar-refractivity contribution in [3.63, 3.8) is 0 Å². The third-order valence-electron chi connectivity index (χ3n) is 5.30. The van der Waals surface area contributed by atoms with Crippen LogP contribution in [0.25, 0.3) is 11.1 Å². The van der Waals surface area contributed by atoms with Gasteiger partial charge in [0, 0.05) is 35.4 Å². The number of rotatable bonds is 7. The highest BCUT2D eigenvalue weighted by Crippen LogP contribution is 2.41. The maximum absolute atomic E-state index is 13.4. The van der Waals surface area contributed by atoms with E-state index in [1.165, 1.54) is 32.2 Å². The third-order valence-corrected chi connectivity index (χ3v) is 6.12. The molecule has 1 aliphatic carbocycles. The van der Waals surface area contributed by atoms with E-state index in [1.807, 2.05) is 0 Å². The first-order chi connectivity index (χ1) is 17.0. The lowest BCUT2D eigenvalue weighted by Crippen LogP contribution is -2.18. The Labute approximate surface area is 210 Å². The molecular formula is C24H24F2N6O3S. The van der Waals surface area contributed by atoms with Crippen LogP contribution < -0.4 is 16.2 Å². The minimum atomic E-state index is -2.87. The Balaban J connectivity index is 2.05. The number of benzene rings is 1. The number of thioether (sulfide) groups is 1. The molecule has 1 aliphatic rings. The zero-order valence-corrected chi connectivity index (χ0v) is 20.2. The number of aromatic nitrogens is 1. The Morgan fingerprint density at radius 1 is 1.33 bits per heavy atom. The van der Waals surface area contributed by atoms with Gasteiger partial charge >= 0.3 is 0 Å². The van der Waals surface area contributed by atoms with Gasteiger partial charge in [0.1, 0.15) is 11.4 Å². The zero-order chi connectivity index (χ0) is 26.6. The van der Waals surface area contributed by atoms with E-state index in [0.717, 1.165) is 24.0 Å². The SMILES string of the molecule is C#C[C@H]1C[C@@H]1C(=N)SC(N)=NC(=O)c1ccc(C(N)OC(C)=N)cc1-c1cc(C(F)F)ncc1OC. The van der Waals surface area contributed by atoms with Crippen LogP contribution in [0.15, 0.2) is 35.5 Å². The highest BCUT2D eigenvalue weighted by atomic mass is 32.2. The lowest BCUT2D eigenvalue weighted by atomic mass is 9.95. The van der Waals surface area contributed by atoms with Crippen molar-refractivity contribution < 1.29 is 23.0 Å². The molecule has 1 heterocycles. The van der Waals surface area contributed by atoms with Crippen LogP contribution in [-0.2, 0) is 4.74 Å². The summed E-state index contributed by atoms with van der Waals surface area (Å²) in [6.07, 6.45) is 3.26. The van der Waals surface area contributed by atoms with Gasteiger partial charge in [0.15, 0.2) is 17.3 Å². The third kappa shape index (κ3) is 6.24. The van der Waals surface area contributed by atoms with Gasteiger partial charge in [-0.1, -0.05) is 6.07 Å². The number of carbonyl (C=O) groups excluding carboxylic acids is 1. The summed E-state index contributed by atoms with van der Waals surface area (Å²) in [7, 11) is 1.33. The average Bonchev–Trinajstić information content (AvgIpc) is 3.63. The van der Waals surface area contributed by atoms with E-state index in [0.29, 0.717) is 12.0 Å². The normalized spacial score (nSPS) is 17.8. The van der Waals surface area contributed by atoms with Crippen molar-refractivity contribution >= 4 is 33.8 Å². The van der Waals surface area contributed by atoms with Gasteiger partial charge in [0.05, 0.1) is 18.4 Å². The predicted octanol–water partition coefficient (Wildman–Crippen LogP) is 4.10. The van der Waals surface area contributed by atoms with Gasteiger partial charge < -0.3 is 15.2 Å². The molecule has 1 saturated carbocycles. The second-order valence-electron chi connectivity index (χ2n) is 7.85. The second-order valence-corrected chi connectivity index (χ2v) is 8.91. The first kappa shape index (κ1) is 26.8. The van der Waals surface area contributed by atoms with Gasteiger partial charge in [0.25, 0.3) is 12.3 Å². The number of methoxy groups -OCH3 is 1. The number of terminal acetylenes is 1. The fourth-order valence-electron chi connectivity index (χ4n) is 3.40. The molecule has 3 atom stereocenters. The zero-order valence-electron chi connectivity index (χ0n) is 19.4. The number of amides is 1. The van der Waals surface area contributed by atoms with Crippen LogP contribution in [0.3, 0.4) is 0 Å². The van der Waals surface area contributed by atoms with Crippen LogP contribution in [0.4, 0.5) is 8.78 Å². The summed E-state index contributed by atoms with van der Waals surface area (Å²) in [6.45, 7) is 1.40. The van der Waals surface area contributed by atoms with Gasteiger partial charge in [-0.15, -0.1) is 12.3 Å². The molecule has 0 bridgehead atoms. The van der Waals surface area contributed by atoms with Gasteiger partial charge in [-0.3, -0.25) is 26.3 Å². The largest absolute Gasteiger partial charge is 0.494 e. The number of pyridine rings is 1. The standard InChI is InChI=1S/C24H24F2N6O3S/c1-4-12-7-15(12)22(29)36-24(30)32-23(33)14-6-5-13(21(28)35-11(2)27)8-16(14)17-9-18(20(25)26)31-10-19(17)34-3/h1,5-6,8-10,12,15,20-21,27,29H,7,28H2,2-3H3,(H2,30,32,33)/t12-,15-,21?/m0/s1. The summed E-state index contributed by atoms with van der Waals surface area (Å²) >= 11 is 0.840. The van der Waals surface area contributed by atoms with Gasteiger partial charge in [-0.25, -0.2) is 8.78 Å². The van der Waals surface area contributed by atoms with Crippen molar-refractivity contribution in [2.24, 2.45) is 28.3 Å². The van der Waals surface area contributed by atoms with Crippen LogP contribution in [0.2, 0.25) is 0 Å². The Bertz CT molecular complexity index is 1280. The molecule has 0 spiro atoms. The maximum atomic E-state index is 13.4. The topological polar surface area (TPSA) is 161 Å². The van der Waals surface area contributed by atoms with Crippen molar-refractivity contribution in [1.82, 2.24) is 4.98 Å². The Morgan fingerprint density at radius 2 is 2.06 bits per heavy atom. The number of alkyl halides is 2. The van der Waals surface area contributed by atoms with E-state index >= 15 is 0 Å². The van der Waals surface area contributed by atoms with Gasteiger partial charge in [-0.2, -0.15) is 4.99 Å². The van der Waals surface area contributed by atoms with E-state index < -0.39 is 24.3 Å². The number of hydrogen-bond donors (Lipinski definition) is 4. The molecule has 0 saturated heterocycles. The van der Waals surface area contributed by atoms with Crippen LogP contribution in [-0.4, -0.2) is 34.1 Å². The summed E-state index contributed by atoms with van der Waals surface area (Å²) in [6, 6.07) is 5.48. The molecule has 1 fully saturated rings. The molecule has 0 aliphatic heterocycles. The molecule has 2 aromatic rings. The van der Waals surface area contributed by atoms with Crippen molar-refractivity contribution in [2.75, 3.05) is 7.11 Å². The fourth-order valence-corrected chi connectivity index (χ4v) is 4.16. The van der Waals surface area contributed by atoms with Crippen molar-refractivity contribution in [1.29, 1.82) is 10.8 Å². The lowest BCUT2D eigenvalue weighted by molar-refractivity contribution is 0.100. The van der Waals surface area contributed by atoms with E-state index in [2.05, 4.69) is 15.9 Å². The Hall–Kier alpha value is -3.82. The molecule has 1 unspecified atom stereocenters. The number of carbonyl (C=O) groups is 1. The highest BCUT2D eigenvalue weighted by molar-refractivity contribution is 8.26. The smallest absolute Gasteiger partial charge is 0.280 e. The number of hydrogen-bond acceptors (Lipinski definition) is 8. The van der Waals surface area contributed by atoms with E-state index in [4.69, 9.17) is 38.2 Å². The van der Waals surface area contributed by atoms with Gasteiger partial charge in [-0.05, 0) is 41.9 Å². The molecule has 188 valence electrons. The average molecular weight is 515 g/mol. The van der Waals surface area contributed by atoms with Crippen LogP contribution in [0, 0.1) is 35.0 Å². The number of nitrogens with one attached hydrogen (secondary N) is 2. The summed E-state index contributed by atoms with van der Waals surface area (Å²) in [5.74, 6) is 1.68. The summed E-state index contributed by atoms with van der Waals surface area (Å²) in [4.78, 5) is 20.7. The number of ether oxygens (including phenoxy) is 2. The molecule has 0 radical (unpaired) electrons. The predicted molar refractivity (Wildman–Crippen MR) is 134 cm³/mol. The quantitative estimate of drug-likeness (QED) is 0.187. The number of halogens is 2. The molecule has 1 aromatic carbocycles. The minimum absolute atomic E-state index is 0.0187. The molecule has 6 N–H and O–H groups in total. The maximum Gasteiger partial charge on any atom is 0.280 e. The number of nitrogens with zero attached hydrogens (tertiary/aromatic N) is 2. The monoisotopic (exact) mass is 514 g/mol. The molecule has 9 nitrogen and oxygen atoms in total. The molecule has 36 heavy (non-hydrogen) atoms. The number of amidine groups is 1. The minimum Gasteiger partial charge on any atom is -0.494 e. The van der Waals surface area contributed by atoms with E-state index in [1.54, 1.807) is 0 Å². The molecule has 1 amide bonds. The van der Waals surface area contributed by atoms with Crippen molar-refractivity contribution in [3.05, 3.63) is 47.3 Å². The Kier molecular flexibility index (Phi) is 8.39. The highest BCUT2D eigenvalue weighted by Gasteiger charge is 2.39. The number of aliphatic imine (C=N–C) groups is 1. The fraction of sp³-hybridized carbons (Fsp3) is 0.292. The summed E-state index contributed by atoms with van der Waals surface area (Å²) < 4.78 is 37.4. The second kappa shape index (κ2) is 11.3. The van der Waals surface area contributed by atoms with Crippen molar-refractivity contribution in [2.45, 2.75) is 26.0 Å². The molecular weight excluding hydrogens is 490 g/mol. The van der Waals surface area contributed by atoms with Crippen LogP contribution in [0.1, 0.15) is 47.6 Å². The van der Waals surface area contributed by atoms with Crippen molar-refractivity contribution in [3.8, 4) is 29.2 Å². The lowest BCUT2D eigenvalue weighted by Gasteiger charge is -2.18. The van der Waals surface area contributed by atoms with E-state index in [9.17, 15) is 13.6 Å². The van der Waals surface area contributed by atoms with Crippen LogP contribution >= 0.6 is 11.8 Å². The number of nitrogens with two attached hydrogens (primary N) is 2. The van der Waals surface area contributed by atoms with Gasteiger partial charge in [0.2, 0.25) is 0 Å². The molecule has 1 aromatic heterocycles. The summed E-state index contributed by atoms with van der Waals surface area (Å²) in [5, 5.41) is 15.7. The molecule has 3 rings (SSSR count). The van der Waals surface area contributed by atoms with Crippen LogP contribution in [0.5, 0.6) is 5.75 Å². The Morgan fingerprint density at radius 3 is 2.64 bits per heavy atom. The first-order valence-corrected chi connectivity index (χ1v) is 11.4.